The molecule has 28 heavy (non-hydrogen) atoms. The Morgan fingerprint density at radius 3 is 2.71 bits per heavy atom. The molecule has 1 fully saturated rings. The van der Waals surface area contributed by atoms with Crippen molar-refractivity contribution in [2.45, 2.75) is 27.0 Å². The van der Waals surface area contributed by atoms with Gasteiger partial charge in [0.2, 0.25) is 5.91 Å². The molecule has 156 valence electrons. The summed E-state index contributed by atoms with van der Waals surface area (Å²) in [7, 11) is 0. The molecule has 1 heterocycles. The van der Waals surface area contributed by atoms with Crippen LogP contribution in [0.25, 0.3) is 0 Å². The molecule has 0 aromatic heterocycles. The van der Waals surface area contributed by atoms with Crippen LogP contribution in [0.5, 0.6) is 5.75 Å². The van der Waals surface area contributed by atoms with E-state index in [1.165, 1.54) is 6.07 Å². The van der Waals surface area contributed by atoms with Crippen LogP contribution in [-0.4, -0.2) is 55.6 Å². The number of amides is 3. The minimum absolute atomic E-state index is 0. The Morgan fingerprint density at radius 1 is 1.36 bits per heavy atom. The van der Waals surface area contributed by atoms with Gasteiger partial charge in [-0.3, -0.25) is 9.69 Å². The molecule has 1 aliphatic rings. The van der Waals surface area contributed by atoms with Crippen molar-refractivity contribution >= 4 is 41.9 Å². The normalized spacial score (nSPS) is 14.0. The molecule has 3 N–H and O–H groups in total. The van der Waals surface area contributed by atoms with Crippen molar-refractivity contribution < 1.29 is 23.1 Å². The van der Waals surface area contributed by atoms with Gasteiger partial charge in [0.05, 0.1) is 13.1 Å². The number of nitrogens with zero attached hydrogens (tertiary/aromatic N) is 2. The van der Waals surface area contributed by atoms with Crippen molar-refractivity contribution in [2.75, 3.05) is 26.2 Å². The number of hydrogen-bond donors (Lipinski definition) is 3. The summed E-state index contributed by atoms with van der Waals surface area (Å²) < 4.78 is 29.6. The summed E-state index contributed by atoms with van der Waals surface area (Å²) in [5.41, 5.74) is 1.43. The number of halogens is 3. The highest BCUT2D eigenvalue weighted by atomic mass is 127. The highest BCUT2D eigenvalue weighted by Gasteiger charge is 2.27. The average Bonchev–Trinajstić information content (AvgIpc) is 2.93. The fourth-order valence-electron chi connectivity index (χ4n) is 2.52. The van der Waals surface area contributed by atoms with E-state index >= 15 is 0 Å². The lowest BCUT2D eigenvalue weighted by atomic mass is 10.1. The zero-order valence-electron chi connectivity index (χ0n) is 15.6. The molecule has 1 aliphatic heterocycles. The first-order valence-electron chi connectivity index (χ1n) is 8.55. The van der Waals surface area contributed by atoms with E-state index in [-0.39, 0.29) is 55.3 Å². The van der Waals surface area contributed by atoms with E-state index in [1.54, 1.807) is 12.1 Å². The van der Waals surface area contributed by atoms with Crippen LogP contribution < -0.4 is 20.7 Å². The predicted octanol–water partition coefficient (Wildman–Crippen LogP) is 1.82. The predicted molar refractivity (Wildman–Crippen MR) is 111 cm³/mol. The molecule has 0 atom stereocenters. The van der Waals surface area contributed by atoms with Crippen LogP contribution in [-0.2, 0) is 11.3 Å². The van der Waals surface area contributed by atoms with Gasteiger partial charge < -0.3 is 20.7 Å². The van der Waals surface area contributed by atoms with Crippen molar-refractivity contribution in [1.29, 1.82) is 0 Å². The first-order valence-corrected chi connectivity index (χ1v) is 8.55. The fraction of sp³-hybridized carbons (Fsp3) is 0.471. The number of ether oxygens (including phenoxy) is 1. The minimum atomic E-state index is -2.91. The van der Waals surface area contributed by atoms with Crippen molar-refractivity contribution in [2.24, 2.45) is 4.99 Å². The van der Waals surface area contributed by atoms with Gasteiger partial charge in [0.15, 0.2) is 5.96 Å². The fourth-order valence-corrected chi connectivity index (χ4v) is 2.52. The number of guanidine groups is 1. The summed E-state index contributed by atoms with van der Waals surface area (Å²) in [6.07, 6.45) is 0. The van der Waals surface area contributed by atoms with E-state index in [9.17, 15) is 18.4 Å². The molecular weight excluding hydrogens is 487 g/mol. The molecule has 8 nitrogen and oxygen atoms in total. The summed E-state index contributed by atoms with van der Waals surface area (Å²) in [5.74, 6) is 0.237. The maximum Gasteiger partial charge on any atom is 0.387 e. The van der Waals surface area contributed by atoms with Crippen LogP contribution >= 0.6 is 24.0 Å². The average molecular weight is 511 g/mol. The molecule has 1 aromatic rings. The van der Waals surface area contributed by atoms with Gasteiger partial charge in [-0.25, -0.2) is 9.79 Å². The Morgan fingerprint density at radius 2 is 2.11 bits per heavy atom. The van der Waals surface area contributed by atoms with Crippen LogP contribution in [0.3, 0.4) is 0 Å². The van der Waals surface area contributed by atoms with E-state index in [1.807, 2.05) is 13.8 Å². The second-order valence-corrected chi connectivity index (χ2v) is 5.82. The first-order chi connectivity index (χ1) is 12.9. The molecule has 0 bridgehead atoms. The molecule has 1 aromatic carbocycles. The topological polar surface area (TPSA) is 95.1 Å². The number of imide groups is 1. The van der Waals surface area contributed by atoms with E-state index in [0.29, 0.717) is 24.6 Å². The highest BCUT2D eigenvalue weighted by molar-refractivity contribution is 14.0. The van der Waals surface area contributed by atoms with E-state index in [2.05, 4.69) is 25.7 Å². The second kappa shape index (κ2) is 11.6. The van der Waals surface area contributed by atoms with Crippen molar-refractivity contribution in [3.8, 4) is 5.75 Å². The van der Waals surface area contributed by atoms with Crippen molar-refractivity contribution in [3.63, 3.8) is 0 Å². The lowest BCUT2D eigenvalue weighted by molar-refractivity contribution is -0.124. The third-order valence-corrected chi connectivity index (χ3v) is 3.75. The van der Waals surface area contributed by atoms with Crippen molar-refractivity contribution in [3.05, 3.63) is 29.3 Å². The molecule has 2 rings (SSSR count). The number of rotatable bonds is 8. The third kappa shape index (κ3) is 7.09. The summed E-state index contributed by atoms with van der Waals surface area (Å²) in [5, 5.41) is 8.48. The lowest BCUT2D eigenvalue weighted by Crippen LogP contribution is -2.43. The van der Waals surface area contributed by atoms with Crippen LogP contribution in [0.4, 0.5) is 13.6 Å². The minimum Gasteiger partial charge on any atom is -0.434 e. The Balaban J connectivity index is 0.00000392. The first kappa shape index (κ1) is 23.9. The molecule has 11 heteroatoms. The number of urea groups is 1. The van der Waals surface area contributed by atoms with Crippen LogP contribution in [0.1, 0.15) is 18.1 Å². The second-order valence-electron chi connectivity index (χ2n) is 5.82. The van der Waals surface area contributed by atoms with E-state index in [4.69, 9.17) is 0 Å². The number of aliphatic imine (C=N–C) groups is 1. The smallest absolute Gasteiger partial charge is 0.387 e. The summed E-state index contributed by atoms with van der Waals surface area (Å²) in [4.78, 5) is 28.5. The number of aryl methyl sites for hydroxylation is 1. The van der Waals surface area contributed by atoms with Crippen LogP contribution in [0, 0.1) is 6.92 Å². The van der Waals surface area contributed by atoms with Gasteiger partial charge in [-0.2, -0.15) is 8.78 Å². The number of hydrogen-bond acceptors (Lipinski definition) is 4. The van der Waals surface area contributed by atoms with Gasteiger partial charge >= 0.3 is 12.6 Å². The summed E-state index contributed by atoms with van der Waals surface area (Å²) in [6.45, 7) is 2.04. The largest absolute Gasteiger partial charge is 0.434 e. The lowest BCUT2D eigenvalue weighted by Gasteiger charge is -2.16. The number of carbonyl (C=O) groups is 2. The Kier molecular flexibility index (Phi) is 9.90. The molecule has 0 spiro atoms. The molecule has 0 radical (unpaired) electrons. The molecule has 0 unspecified atom stereocenters. The molecule has 0 saturated carbocycles. The Bertz CT molecular complexity index is 702. The van der Waals surface area contributed by atoms with Gasteiger partial charge in [-0.15, -0.1) is 24.0 Å². The Labute approximate surface area is 179 Å². The SMILES string of the molecule is CCNC(=NCc1cc(C)ccc1OC(F)F)NCCN1C(=O)CNC1=O.I. The number of nitrogens with one attached hydrogen (secondary N) is 3. The van der Waals surface area contributed by atoms with Gasteiger partial charge in [-0.1, -0.05) is 17.7 Å². The van der Waals surface area contributed by atoms with E-state index in [0.717, 1.165) is 10.5 Å². The molecule has 3 amide bonds. The quantitative estimate of drug-likeness (QED) is 0.214. The standard InChI is InChI=1S/C17H23F2N5O3.HI/c1-3-20-16(21-6-7-24-14(25)10-23-17(24)26)22-9-12-8-11(2)4-5-13(12)27-15(18)19;/h4-5,8,15H,3,6-7,9-10H2,1-2H3,(H,23,26)(H2,20,21,22);1H. The number of carbonyl (C=O) groups excluding carboxylic acids is 2. The maximum absolute atomic E-state index is 12.6. The van der Waals surface area contributed by atoms with Gasteiger partial charge in [0, 0.05) is 25.2 Å². The van der Waals surface area contributed by atoms with Crippen molar-refractivity contribution in [1.82, 2.24) is 20.9 Å². The zero-order valence-corrected chi connectivity index (χ0v) is 18.0. The number of alkyl halides is 2. The Hall–Kier alpha value is -2.18. The van der Waals surface area contributed by atoms with Crippen LogP contribution in [0.2, 0.25) is 0 Å². The summed E-state index contributed by atoms with van der Waals surface area (Å²) >= 11 is 0. The van der Waals surface area contributed by atoms with Crippen LogP contribution in [0.15, 0.2) is 23.2 Å². The van der Waals surface area contributed by atoms with E-state index < -0.39 is 12.6 Å². The highest BCUT2D eigenvalue weighted by Crippen LogP contribution is 2.22. The number of benzene rings is 1. The maximum atomic E-state index is 12.6. The monoisotopic (exact) mass is 511 g/mol. The van der Waals surface area contributed by atoms with Gasteiger partial charge in [0.25, 0.3) is 0 Å². The zero-order chi connectivity index (χ0) is 19.8. The van der Waals surface area contributed by atoms with Gasteiger partial charge in [-0.05, 0) is 19.9 Å². The third-order valence-electron chi connectivity index (χ3n) is 3.75. The molecule has 0 aliphatic carbocycles. The molecule has 1 saturated heterocycles. The van der Waals surface area contributed by atoms with Gasteiger partial charge in [0.1, 0.15) is 5.75 Å². The summed E-state index contributed by atoms with van der Waals surface area (Å²) in [6, 6.07) is 4.49. The molecular formula is C17H24F2IN5O3.